The molecule has 0 aliphatic heterocycles. The number of fused-ring (bicyclic) bond motifs is 1. The SMILES string of the molecule is CCC/C=N/[S@@](=O)c1c(OC)ccc2ccccc12. The Morgan fingerprint density at radius 1 is 1.26 bits per heavy atom. The summed E-state index contributed by atoms with van der Waals surface area (Å²) in [7, 11) is 0.157. The zero-order valence-corrected chi connectivity index (χ0v) is 11.9. The highest BCUT2D eigenvalue weighted by Crippen LogP contribution is 2.31. The van der Waals surface area contributed by atoms with Gasteiger partial charge in [0.2, 0.25) is 0 Å². The summed E-state index contributed by atoms with van der Waals surface area (Å²) in [5.41, 5.74) is 0. The van der Waals surface area contributed by atoms with E-state index in [2.05, 4.69) is 11.3 Å². The Bertz CT molecular complexity index is 623. The molecule has 2 rings (SSSR count). The second-order valence-electron chi connectivity index (χ2n) is 4.14. The van der Waals surface area contributed by atoms with Gasteiger partial charge in [0, 0.05) is 11.6 Å². The normalized spacial score (nSPS) is 12.9. The lowest BCUT2D eigenvalue weighted by molar-refractivity contribution is 0.405. The Hall–Kier alpha value is -1.68. The van der Waals surface area contributed by atoms with E-state index in [4.69, 9.17) is 4.74 Å². The standard InChI is InChI=1S/C15H17NO2S/c1-3-4-11-16-19(17)15-13-8-6-5-7-12(13)9-10-14(15)18-2/h5-11H,3-4H2,1-2H3/b16-11+/t19-/m0/s1. The third-order valence-electron chi connectivity index (χ3n) is 2.83. The summed E-state index contributed by atoms with van der Waals surface area (Å²) in [5, 5.41) is 1.96. The molecule has 0 radical (unpaired) electrons. The van der Waals surface area contributed by atoms with Gasteiger partial charge in [-0.25, -0.2) is 4.21 Å². The van der Waals surface area contributed by atoms with Crippen LogP contribution in [0.25, 0.3) is 10.8 Å². The predicted molar refractivity (Wildman–Crippen MR) is 80.3 cm³/mol. The summed E-state index contributed by atoms with van der Waals surface area (Å²) in [6.07, 6.45) is 3.55. The number of unbranched alkanes of at least 4 members (excludes halogenated alkanes) is 1. The molecule has 0 fully saturated rings. The zero-order chi connectivity index (χ0) is 13.7. The highest BCUT2D eigenvalue weighted by atomic mass is 32.2. The summed E-state index contributed by atoms with van der Waals surface area (Å²) in [6, 6.07) is 11.6. The van der Waals surface area contributed by atoms with E-state index in [1.807, 2.05) is 36.4 Å². The van der Waals surface area contributed by atoms with Crippen LogP contribution in [-0.2, 0) is 11.0 Å². The summed E-state index contributed by atoms with van der Waals surface area (Å²) in [4.78, 5) is 0.646. The van der Waals surface area contributed by atoms with Gasteiger partial charge in [-0.1, -0.05) is 43.7 Å². The molecule has 0 saturated heterocycles. The van der Waals surface area contributed by atoms with Gasteiger partial charge in [-0.2, -0.15) is 4.40 Å². The number of benzene rings is 2. The number of rotatable bonds is 5. The van der Waals surface area contributed by atoms with Crippen molar-refractivity contribution < 1.29 is 8.95 Å². The van der Waals surface area contributed by atoms with E-state index in [-0.39, 0.29) is 0 Å². The Balaban J connectivity index is 2.52. The van der Waals surface area contributed by atoms with Crippen LogP contribution in [0.4, 0.5) is 0 Å². The van der Waals surface area contributed by atoms with E-state index in [1.165, 1.54) is 0 Å². The fraction of sp³-hybridized carbons (Fsp3) is 0.267. The molecule has 0 bridgehead atoms. The molecule has 19 heavy (non-hydrogen) atoms. The molecular formula is C15H17NO2S. The smallest absolute Gasteiger partial charge is 0.176 e. The van der Waals surface area contributed by atoms with Crippen molar-refractivity contribution >= 4 is 28.0 Å². The first-order valence-electron chi connectivity index (χ1n) is 6.28. The van der Waals surface area contributed by atoms with E-state index >= 15 is 0 Å². The van der Waals surface area contributed by atoms with Gasteiger partial charge in [-0.3, -0.25) is 0 Å². The van der Waals surface area contributed by atoms with Crippen LogP contribution in [0, 0.1) is 0 Å². The van der Waals surface area contributed by atoms with Crippen molar-refractivity contribution in [3.63, 3.8) is 0 Å². The van der Waals surface area contributed by atoms with Crippen molar-refractivity contribution in [3.05, 3.63) is 36.4 Å². The van der Waals surface area contributed by atoms with E-state index in [0.29, 0.717) is 10.6 Å². The van der Waals surface area contributed by atoms with Crippen LogP contribution in [-0.4, -0.2) is 17.5 Å². The maximum absolute atomic E-state index is 12.3. The minimum Gasteiger partial charge on any atom is -0.495 e. The van der Waals surface area contributed by atoms with E-state index in [1.54, 1.807) is 13.3 Å². The Morgan fingerprint density at radius 2 is 2.05 bits per heavy atom. The second kappa shape index (κ2) is 6.48. The highest BCUT2D eigenvalue weighted by molar-refractivity contribution is 7.84. The van der Waals surface area contributed by atoms with Crippen molar-refractivity contribution in [2.45, 2.75) is 24.7 Å². The molecule has 100 valence electrons. The molecule has 2 aromatic rings. The third kappa shape index (κ3) is 3.01. The quantitative estimate of drug-likeness (QED) is 0.780. The first kappa shape index (κ1) is 13.7. The molecule has 0 saturated carbocycles. The summed E-state index contributed by atoms with van der Waals surface area (Å²) >= 11 is 0. The van der Waals surface area contributed by atoms with Gasteiger partial charge in [0.15, 0.2) is 11.0 Å². The minimum absolute atomic E-state index is 0.616. The third-order valence-corrected chi connectivity index (χ3v) is 3.94. The van der Waals surface area contributed by atoms with Gasteiger partial charge < -0.3 is 4.74 Å². The Kier molecular flexibility index (Phi) is 4.68. The highest BCUT2D eigenvalue weighted by Gasteiger charge is 2.13. The molecule has 0 N–H and O–H groups in total. The van der Waals surface area contributed by atoms with Crippen molar-refractivity contribution in [3.8, 4) is 5.75 Å². The molecule has 0 aromatic heterocycles. The number of hydrogen-bond donors (Lipinski definition) is 0. The molecule has 0 aliphatic carbocycles. The molecule has 0 unspecified atom stereocenters. The van der Waals surface area contributed by atoms with Crippen LogP contribution in [0.2, 0.25) is 0 Å². The first-order valence-corrected chi connectivity index (χ1v) is 7.38. The number of ether oxygens (including phenoxy) is 1. The number of hydrogen-bond acceptors (Lipinski definition) is 2. The largest absolute Gasteiger partial charge is 0.495 e. The van der Waals surface area contributed by atoms with Crippen molar-refractivity contribution in [1.29, 1.82) is 0 Å². The molecular weight excluding hydrogens is 258 g/mol. The lowest BCUT2D eigenvalue weighted by Gasteiger charge is -2.09. The Morgan fingerprint density at radius 3 is 2.79 bits per heavy atom. The lowest BCUT2D eigenvalue weighted by atomic mass is 10.1. The van der Waals surface area contributed by atoms with Crippen molar-refractivity contribution in [2.75, 3.05) is 7.11 Å². The molecule has 4 heteroatoms. The van der Waals surface area contributed by atoms with Crippen LogP contribution in [0.15, 0.2) is 45.7 Å². The van der Waals surface area contributed by atoms with Crippen molar-refractivity contribution in [1.82, 2.24) is 0 Å². The molecule has 0 amide bonds. The fourth-order valence-corrected chi connectivity index (χ4v) is 2.91. The molecule has 2 aromatic carbocycles. The number of nitrogens with zero attached hydrogens (tertiary/aromatic N) is 1. The maximum Gasteiger partial charge on any atom is 0.176 e. The molecule has 0 aliphatic rings. The minimum atomic E-state index is -1.43. The van der Waals surface area contributed by atoms with Gasteiger partial charge in [0.25, 0.3) is 0 Å². The van der Waals surface area contributed by atoms with Gasteiger partial charge >= 0.3 is 0 Å². The predicted octanol–water partition coefficient (Wildman–Crippen LogP) is 3.74. The van der Waals surface area contributed by atoms with Crippen molar-refractivity contribution in [2.24, 2.45) is 4.40 Å². The Labute approximate surface area is 115 Å². The monoisotopic (exact) mass is 275 g/mol. The average Bonchev–Trinajstić information content (AvgIpc) is 2.46. The van der Waals surface area contributed by atoms with E-state index < -0.39 is 11.0 Å². The van der Waals surface area contributed by atoms with E-state index in [9.17, 15) is 4.21 Å². The molecule has 1 atom stereocenters. The maximum atomic E-state index is 12.3. The summed E-state index contributed by atoms with van der Waals surface area (Å²) < 4.78 is 21.8. The van der Waals surface area contributed by atoms with Gasteiger partial charge in [0.1, 0.15) is 10.6 Å². The fourth-order valence-electron chi connectivity index (χ4n) is 1.87. The zero-order valence-electron chi connectivity index (χ0n) is 11.1. The average molecular weight is 275 g/mol. The number of methoxy groups -OCH3 is 1. The summed E-state index contributed by atoms with van der Waals surface area (Å²) in [6.45, 7) is 2.06. The van der Waals surface area contributed by atoms with Gasteiger partial charge in [-0.15, -0.1) is 0 Å². The summed E-state index contributed by atoms with van der Waals surface area (Å²) in [5.74, 6) is 0.616. The van der Waals surface area contributed by atoms with E-state index in [0.717, 1.165) is 23.6 Å². The molecule has 0 heterocycles. The van der Waals surface area contributed by atoms with Crippen LogP contribution < -0.4 is 4.74 Å². The van der Waals surface area contributed by atoms with Crippen LogP contribution in [0.5, 0.6) is 5.75 Å². The van der Waals surface area contributed by atoms with Gasteiger partial charge in [0.05, 0.1) is 7.11 Å². The van der Waals surface area contributed by atoms with Crippen LogP contribution >= 0.6 is 0 Å². The topological polar surface area (TPSA) is 38.7 Å². The van der Waals surface area contributed by atoms with Gasteiger partial charge in [-0.05, 0) is 17.9 Å². The van der Waals surface area contributed by atoms with Crippen LogP contribution in [0.3, 0.4) is 0 Å². The first-order chi connectivity index (χ1) is 9.27. The molecule has 0 spiro atoms. The lowest BCUT2D eigenvalue weighted by Crippen LogP contribution is -1.95. The molecule has 3 nitrogen and oxygen atoms in total. The van der Waals surface area contributed by atoms with Crippen LogP contribution in [0.1, 0.15) is 19.8 Å². The second-order valence-corrected chi connectivity index (χ2v) is 5.26.